The maximum Gasteiger partial charge on any atom is 0.295 e. The number of ether oxygens (including phenoxy) is 3. The number of ketones is 1. The van der Waals surface area contributed by atoms with Crippen LogP contribution in [0.3, 0.4) is 0 Å². The number of methoxy groups -OCH3 is 1. The Morgan fingerprint density at radius 2 is 1.79 bits per heavy atom. The molecule has 0 spiro atoms. The third kappa shape index (κ3) is 5.37. The van der Waals surface area contributed by atoms with Crippen LogP contribution in [0.2, 0.25) is 0 Å². The molecule has 1 amide bonds. The lowest BCUT2D eigenvalue weighted by atomic mass is 9.94. The number of aliphatic hydroxyl groups is 1. The van der Waals surface area contributed by atoms with Gasteiger partial charge in [-0.2, -0.15) is 0 Å². The van der Waals surface area contributed by atoms with Crippen LogP contribution in [0, 0.1) is 0 Å². The first-order valence-electron chi connectivity index (χ1n) is 11.1. The second kappa shape index (κ2) is 11.0. The number of likely N-dealkylation sites (tertiary alicyclic amines) is 1. The fraction of sp³-hybridized carbons (Fsp3) is 0.385. The van der Waals surface area contributed by atoms with E-state index < -0.39 is 17.7 Å². The molecule has 2 aromatic carbocycles. The molecule has 1 fully saturated rings. The second-order valence-electron chi connectivity index (χ2n) is 7.96. The zero-order valence-corrected chi connectivity index (χ0v) is 19.5. The summed E-state index contributed by atoms with van der Waals surface area (Å²) in [5.41, 5.74) is 1.11. The van der Waals surface area contributed by atoms with Crippen LogP contribution in [0.15, 0.2) is 54.1 Å². The highest BCUT2D eigenvalue weighted by atomic mass is 16.5. The molecule has 1 aliphatic heterocycles. The quantitative estimate of drug-likeness (QED) is 0.249. The monoisotopic (exact) mass is 453 g/mol. The van der Waals surface area contributed by atoms with E-state index in [0.29, 0.717) is 48.8 Å². The summed E-state index contributed by atoms with van der Waals surface area (Å²) in [6, 6.07) is 13.2. The summed E-state index contributed by atoms with van der Waals surface area (Å²) in [5.74, 6) is -0.412. The van der Waals surface area contributed by atoms with E-state index in [1.54, 1.807) is 36.4 Å². The first kappa shape index (κ1) is 24.3. The van der Waals surface area contributed by atoms with Crippen molar-refractivity contribution in [1.82, 2.24) is 4.90 Å². The Morgan fingerprint density at radius 3 is 2.42 bits per heavy atom. The van der Waals surface area contributed by atoms with E-state index in [9.17, 15) is 14.7 Å². The van der Waals surface area contributed by atoms with Gasteiger partial charge in [-0.15, -0.1) is 0 Å². The molecule has 2 aromatic rings. The molecule has 7 nitrogen and oxygen atoms in total. The van der Waals surface area contributed by atoms with Crippen LogP contribution >= 0.6 is 0 Å². The number of Topliss-reactive ketones (excluding diaryl/α,β-unsaturated/α-hetero) is 1. The van der Waals surface area contributed by atoms with Crippen LogP contribution in [-0.2, 0) is 14.3 Å². The average Bonchev–Trinajstić information content (AvgIpc) is 3.06. The number of aliphatic hydroxyl groups excluding tert-OH is 1. The Kier molecular flexibility index (Phi) is 8.11. The summed E-state index contributed by atoms with van der Waals surface area (Å²) in [6.45, 7) is 7.05. The fourth-order valence-electron chi connectivity index (χ4n) is 3.91. The minimum Gasteiger partial charge on any atom is -0.507 e. The van der Waals surface area contributed by atoms with Crippen molar-refractivity contribution in [2.45, 2.75) is 39.3 Å². The van der Waals surface area contributed by atoms with E-state index in [2.05, 4.69) is 0 Å². The molecule has 1 aliphatic rings. The molecular formula is C26H31NO6. The third-order valence-electron chi connectivity index (χ3n) is 5.41. The Labute approximate surface area is 194 Å². The number of hydrogen-bond donors (Lipinski definition) is 1. The van der Waals surface area contributed by atoms with E-state index in [-0.39, 0.29) is 17.4 Å². The summed E-state index contributed by atoms with van der Waals surface area (Å²) < 4.78 is 16.6. The molecule has 1 N–H and O–H groups in total. The lowest BCUT2D eigenvalue weighted by Crippen LogP contribution is -2.31. The van der Waals surface area contributed by atoms with Crippen molar-refractivity contribution in [2.75, 3.05) is 26.9 Å². The molecule has 3 rings (SSSR count). The average molecular weight is 454 g/mol. The fourth-order valence-corrected chi connectivity index (χ4v) is 3.91. The third-order valence-corrected chi connectivity index (χ3v) is 5.41. The van der Waals surface area contributed by atoms with Crippen molar-refractivity contribution < 1.29 is 28.9 Å². The largest absolute Gasteiger partial charge is 0.507 e. The summed E-state index contributed by atoms with van der Waals surface area (Å²) >= 11 is 0. The normalized spacial score (nSPS) is 17.6. The van der Waals surface area contributed by atoms with Crippen LogP contribution < -0.4 is 9.47 Å². The molecule has 0 saturated carbocycles. The highest BCUT2D eigenvalue weighted by Gasteiger charge is 2.46. The number of benzene rings is 2. The van der Waals surface area contributed by atoms with E-state index in [0.717, 1.165) is 0 Å². The van der Waals surface area contributed by atoms with Crippen molar-refractivity contribution in [3.05, 3.63) is 65.2 Å². The molecule has 0 radical (unpaired) electrons. The van der Waals surface area contributed by atoms with Crippen LogP contribution in [-0.4, -0.2) is 54.7 Å². The number of rotatable bonds is 10. The molecule has 7 heteroatoms. The van der Waals surface area contributed by atoms with Crippen molar-refractivity contribution >= 4 is 17.4 Å². The van der Waals surface area contributed by atoms with Crippen LogP contribution in [0.4, 0.5) is 0 Å². The molecular weight excluding hydrogens is 422 g/mol. The smallest absolute Gasteiger partial charge is 0.295 e. The van der Waals surface area contributed by atoms with Gasteiger partial charge in [0, 0.05) is 24.3 Å². The van der Waals surface area contributed by atoms with Crippen molar-refractivity contribution in [1.29, 1.82) is 0 Å². The minimum absolute atomic E-state index is 0.0402. The Morgan fingerprint density at radius 1 is 1.09 bits per heavy atom. The molecule has 1 heterocycles. The standard InChI is InChI=1S/C26H31NO6/c1-5-32-19-13-11-18(12-14-19)24(28)22-23(20-9-6-7-10-21(20)31-4)27(26(30)25(22)29)15-8-16-33-17(2)3/h6-7,9-14,17,23,28H,5,8,15-16H2,1-4H3/t23-/m1/s1. The predicted molar refractivity (Wildman–Crippen MR) is 125 cm³/mol. The topological polar surface area (TPSA) is 85.3 Å². The Balaban J connectivity index is 2.05. The minimum atomic E-state index is -0.772. The highest BCUT2D eigenvalue weighted by molar-refractivity contribution is 6.46. The van der Waals surface area contributed by atoms with E-state index >= 15 is 0 Å². The number of carbonyl (C=O) groups is 2. The lowest BCUT2D eigenvalue weighted by Gasteiger charge is -2.26. The van der Waals surface area contributed by atoms with Crippen LogP contribution in [0.25, 0.3) is 5.76 Å². The molecule has 0 bridgehead atoms. The van der Waals surface area contributed by atoms with Gasteiger partial charge in [0.1, 0.15) is 17.3 Å². The van der Waals surface area contributed by atoms with Gasteiger partial charge in [0.2, 0.25) is 0 Å². The van der Waals surface area contributed by atoms with Gasteiger partial charge >= 0.3 is 0 Å². The Hall–Kier alpha value is -3.32. The first-order chi connectivity index (χ1) is 15.9. The zero-order valence-electron chi connectivity index (χ0n) is 19.5. The lowest BCUT2D eigenvalue weighted by molar-refractivity contribution is -0.140. The maximum atomic E-state index is 13.1. The second-order valence-corrected chi connectivity index (χ2v) is 7.96. The molecule has 0 aromatic heterocycles. The Bertz CT molecular complexity index is 1010. The van der Waals surface area contributed by atoms with Gasteiger partial charge in [0.05, 0.1) is 31.4 Å². The number of amides is 1. The first-order valence-corrected chi connectivity index (χ1v) is 11.1. The van der Waals surface area contributed by atoms with E-state index in [1.807, 2.05) is 32.9 Å². The molecule has 0 unspecified atom stereocenters. The van der Waals surface area contributed by atoms with E-state index in [1.165, 1.54) is 12.0 Å². The van der Waals surface area contributed by atoms with Crippen LogP contribution in [0.1, 0.15) is 44.4 Å². The van der Waals surface area contributed by atoms with Gasteiger partial charge in [-0.3, -0.25) is 9.59 Å². The molecule has 1 atom stereocenters. The molecule has 176 valence electrons. The van der Waals surface area contributed by atoms with Crippen molar-refractivity contribution in [3.63, 3.8) is 0 Å². The van der Waals surface area contributed by atoms with Gasteiger partial charge in [-0.25, -0.2) is 0 Å². The summed E-state index contributed by atoms with van der Waals surface area (Å²) in [7, 11) is 1.54. The number of para-hydroxylation sites is 1. The van der Waals surface area contributed by atoms with Gasteiger partial charge in [-0.05, 0) is 57.5 Å². The van der Waals surface area contributed by atoms with Gasteiger partial charge in [-0.1, -0.05) is 18.2 Å². The summed E-state index contributed by atoms with van der Waals surface area (Å²) in [5, 5.41) is 11.2. The molecule has 0 aliphatic carbocycles. The number of hydrogen-bond acceptors (Lipinski definition) is 6. The van der Waals surface area contributed by atoms with Gasteiger partial charge in [0.25, 0.3) is 11.7 Å². The zero-order chi connectivity index (χ0) is 24.0. The highest BCUT2D eigenvalue weighted by Crippen LogP contribution is 2.42. The van der Waals surface area contributed by atoms with Gasteiger partial charge < -0.3 is 24.2 Å². The summed E-state index contributed by atoms with van der Waals surface area (Å²) in [4.78, 5) is 27.6. The van der Waals surface area contributed by atoms with Crippen LogP contribution in [0.5, 0.6) is 11.5 Å². The molecule has 33 heavy (non-hydrogen) atoms. The number of nitrogens with zero attached hydrogens (tertiary/aromatic N) is 1. The van der Waals surface area contributed by atoms with E-state index in [4.69, 9.17) is 14.2 Å². The van der Waals surface area contributed by atoms with Crippen molar-refractivity contribution in [2.24, 2.45) is 0 Å². The molecule has 1 saturated heterocycles. The number of carbonyl (C=O) groups excluding carboxylic acids is 2. The predicted octanol–water partition coefficient (Wildman–Crippen LogP) is 4.33. The summed E-state index contributed by atoms with van der Waals surface area (Å²) in [6.07, 6.45) is 0.630. The van der Waals surface area contributed by atoms with Crippen molar-refractivity contribution in [3.8, 4) is 11.5 Å². The van der Waals surface area contributed by atoms with Gasteiger partial charge in [0.15, 0.2) is 0 Å². The SMILES string of the molecule is CCOc1ccc(C(O)=C2C(=O)C(=O)N(CCCOC(C)C)[C@@H]2c2ccccc2OC)cc1. The maximum absolute atomic E-state index is 13.1.